The Bertz CT molecular complexity index is 439. The van der Waals surface area contributed by atoms with Gasteiger partial charge in [0.05, 0.1) is 12.6 Å². The van der Waals surface area contributed by atoms with E-state index in [-0.39, 0.29) is 18.2 Å². The van der Waals surface area contributed by atoms with E-state index < -0.39 is 17.7 Å². The summed E-state index contributed by atoms with van der Waals surface area (Å²) in [5.74, 6) is -3.00. The molecule has 0 aromatic carbocycles. The van der Waals surface area contributed by atoms with E-state index in [2.05, 4.69) is 0 Å². The van der Waals surface area contributed by atoms with Gasteiger partial charge in [-0.05, 0) is 14.1 Å². The second kappa shape index (κ2) is 5.40. The minimum atomic E-state index is -1.09. The van der Waals surface area contributed by atoms with Crippen molar-refractivity contribution in [2.24, 2.45) is 0 Å². The standard InChI is InChI=1S/C12H18N2O5/c1-12(2)18-8(11(17)19-12)6-9(15)14(5)10(16)7-13(3)4/h6H,7H2,1-5H3/b8-6-. The van der Waals surface area contributed by atoms with Crippen molar-refractivity contribution in [3.05, 3.63) is 11.8 Å². The van der Waals surface area contributed by atoms with Crippen LogP contribution in [0.25, 0.3) is 0 Å². The zero-order valence-electron chi connectivity index (χ0n) is 11.7. The van der Waals surface area contributed by atoms with Gasteiger partial charge in [-0.3, -0.25) is 14.5 Å². The van der Waals surface area contributed by atoms with E-state index in [0.717, 1.165) is 11.0 Å². The first-order valence-electron chi connectivity index (χ1n) is 5.71. The van der Waals surface area contributed by atoms with Gasteiger partial charge in [-0.15, -0.1) is 0 Å². The van der Waals surface area contributed by atoms with E-state index in [9.17, 15) is 14.4 Å². The molecule has 1 heterocycles. The van der Waals surface area contributed by atoms with Crippen molar-refractivity contribution < 1.29 is 23.9 Å². The summed E-state index contributed by atoms with van der Waals surface area (Å²) >= 11 is 0. The number of esters is 1. The van der Waals surface area contributed by atoms with Crippen molar-refractivity contribution >= 4 is 17.8 Å². The van der Waals surface area contributed by atoms with Crippen molar-refractivity contribution in [2.75, 3.05) is 27.7 Å². The van der Waals surface area contributed by atoms with Crippen LogP contribution in [-0.2, 0) is 23.9 Å². The third-order valence-electron chi connectivity index (χ3n) is 2.31. The van der Waals surface area contributed by atoms with E-state index >= 15 is 0 Å². The molecule has 0 aromatic heterocycles. The molecule has 1 aliphatic heterocycles. The number of carbonyl (C=O) groups is 3. The van der Waals surface area contributed by atoms with Crippen molar-refractivity contribution in [3.63, 3.8) is 0 Å². The Morgan fingerprint density at radius 1 is 1.21 bits per heavy atom. The average Bonchev–Trinajstić information content (AvgIpc) is 2.49. The topological polar surface area (TPSA) is 76.2 Å². The highest BCUT2D eigenvalue weighted by Gasteiger charge is 2.38. The summed E-state index contributed by atoms with van der Waals surface area (Å²) in [7, 11) is 4.78. The molecule has 0 atom stereocenters. The van der Waals surface area contributed by atoms with Crippen molar-refractivity contribution in [2.45, 2.75) is 19.6 Å². The Morgan fingerprint density at radius 3 is 2.21 bits per heavy atom. The molecular weight excluding hydrogens is 252 g/mol. The van der Waals surface area contributed by atoms with Crippen LogP contribution in [0.1, 0.15) is 13.8 Å². The Balaban J connectivity index is 2.74. The number of carbonyl (C=O) groups excluding carboxylic acids is 3. The molecule has 19 heavy (non-hydrogen) atoms. The van der Waals surface area contributed by atoms with Crippen LogP contribution in [0.5, 0.6) is 0 Å². The van der Waals surface area contributed by atoms with E-state index in [1.165, 1.54) is 7.05 Å². The largest absolute Gasteiger partial charge is 0.445 e. The summed E-state index contributed by atoms with van der Waals surface area (Å²) in [5, 5.41) is 0. The van der Waals surface area contributed by atoms with Gasteiger partial charge >= 0.3 is 5.97 Å². The van der Waals surface area contributed by atoms with Gasteiger partial charge in [0.15, 0.2) is 0 Å². The lowest BCUT2D eigenvalue weighted by Crippen LogP contribution is -2.38. The first-order chi connectivity index (χ1) is 8.62. The molecule has 0 aliphatic carbocycles. The molecule has 1 aliphatic rings. The van der Waals surface area contributed by atoms with Gasteiger partial charge in [-0.1, -0.05) is 0 Å². The van der Waals surface area contributed by atoms with Gasteiger partial charge in [-0.2, -0.15) is 0 Å². The molecule has 0 aromatic rings. The van der Waals surface area contributed by atoms with Crippen LogP contribution >= 0.6 is 0 Å². The molecule has 1 fully saturated rings. The lowest BCUT2D eigenvalue weighted by molar-refractivity contribution is -0.159. The van der Waals surface area contributed by atoms with E-state index in [1.54, 1.807) is 32.8 Å². The van der Waals surface area contributed by atoms with E-state index in [1.807, 2.05) is 0 Å². The normalized spacial score (nSPS) is 19.3. The first kappa shape index (κ1) is 15.2. The number of amides is 2. The van der Waals surface area contributed by atoms with Crippen LogP contribution < -0.4 is 0 Å². The van der Waals surface area contributed by atoms with Gasteiger partial charge in [0, 0.05) is 20.9 Å². The van der Waals surface area contributed by atoms with Crippen LogP contribution in [0.4, 0.5) is 0 Å². The Hall–Kier alpha value is -1.89. The summed E-state index contributed by atoms with van der Waals surface area (Å²) in [6, 6.07) is 0. The summed E-state index contributed by atoms with van der Waals surface area (Å²) in [5.41, 5.74) is 0. The molecule has 0 bridgehead atoms. The summed E-state index contributed by atoms with van der Waals surface area (Å²) in [6.45, 7) is 3.20. The molecule has 1 saturated heterocycles. The highest BCUT2D eigenvalue weighted by Crippen LogP contribution is 2.26. The summed E-state index contributed by atoms with van der Waals surface area (Å²) in [4.78, 5) is 37.4. The molecule has 7 nitrogen and oxygen atoms in total. The van der Waals surface area contributed by atoms with Gasteiger partial charge in [-0.25, -0.2) is 4.79 Å². The second-order valence-electron chi connectivity index (χ2n) is 4.93. The first-order valence-corrected chi connectivity index (χ1v) is 5.71. The fourth-order valence-corrected chi connectivity index (χ4v) is 1.40. The van der Waals surface area contributed by atoms with Crippen LogP contribution in [0, 0.1) is 0 Å². The van der Waals surface area contributed by atoms with Crippen molar-refractivity contribution in [3.8, 4) is 0 Å². The maximum Gasteiger partial charge on any atom is 0.377 e. The van der Waals surface area contributed by atoms with Crippen molar-refractivity contribution in [1.29, 1.82) is 0 Å². The highest BCUT2D eigenvalue weighted by molar-refractivity contribution is 6.04. The minimum Gasteiger partial charge on any atom is -0.445 e. The predicted molar refractivity (Wildman–Crippen MR) is 65.7 cm³/mol. The Labute approximate surface area is 111 Å². The van der Waals surface area contributed by atoms with E-state index in [4.69, 9.17) is 9.47 Å². The minimum absolute atomic E-state index is 0.0994. The second-order valence-corrected chi connectivity index (χ2v) is 4.93. The summed E-state index contributed by atoms with van der Waals surface area (Å²) in [6.07, 6.45) is 0.963. The quantitative estimate of drug-likeness (QED) is 0.519. The fraction of sp³-hybridized carbons (Fsp3) is 0.583. The highest BCUT2D eigenvalue weighted by atomic mass is 16.8. The number of imide groups is 1. The number of likely N-dealkylation sites (N-methyl/N-ethyl adjacent to an activating group) is 2. The predicted octanol–water partition coefficient (Wildman–Crippen LogP) is -0.274. The third-order valence-corrected chi connectivity index (χ3v) is 2.31. The molecule has 0 radical (unpaired) electrons. The fourth-order valence-electron chi connectivity index (χ4n) is 1.40. The van der Waals surface area contributed by atoms with Crippen LogP contribution in [0.3, 0.4) is 0 Å². The number of hydrogen-bond donors (Lipinski definition) is 0. The zero-order valence-corrected chi connectivity index (χ0v) is 11.7. The molecule has 0 unspecified atom stereocenters. The van der Waals surface area contributed by atoms with Crippen molar-refractivity contribution in [1.82, 2.24) is 9.80 Å². The van der Waals surface area contributed by atoms with E-state index in [0.29, 0.717) is 0 Å². The van der Waals surface area contributed by atoms with Gasteiger partial charge < -0.3 is 14.4 Å². The molecule has 1 rings (SSSR count). The molecule has 2 amide bonds. The van der Waals surface area contributed by atoms with Crippen LogP contribution in [0.15, 0.2) is 11.8 Å². The maximum atomic E-state index is 11.8. The van der Waals surface area contributed by atoms with Crippen LogP contribution in [0.2, 0.25) is 0 Å². The summed E-state index contributed by atoms with van der Waals surface area (Å²) < 4.78 is 10.0. The Kier molecular flexibility index (Phi) is 4.31. The number of cyclic esters (lactones) is 1. The lowest BCUT2D eigenvalue weighted by atomic mass is 10.3. The Morgan fingerprint density at radius 2 is 1.79 bits per heavy atom. The number of ether oxygens (including phenoxy) is 2. The number of nitrogens with zero attached hydrogens (tertiary/aromatic N) is 2. The van der Waals surface area contributed by atoms with Crippen LogP contribution in [-0.4, -0.2) is 61.1 Å². The molecule has 0 saturated carbocycles. The number of rotatable bonds is 3. The third kappa shape index (κ3) is 4.06. The molecule has 7 heteroatoms. The molecular formula is C12H18N2O5. The molecule has 0 N–H and O–H groups in total. The molecule has 106 valence electrons. The average molecular weight is 270 g/mol. The van der Waals surface area contributed by atoms with Gasteiger partial charge in [0.25, 0.3) is 5.91 Å². The van der Waals surface area contributed by atoms with Gasteiger partial charge in [0.1, 0.15) is 0 Å². The zero-order chi connectivity index (χ0) is 14.8. The number of hydrogen-bond acceptors (Lipinski definition) is 6. The van der Waals surface area contributed by atoms with Gasteiger partial charge in [0.2, 0.25) is 17.5 Å². The smallest absolute Gasteiger partial charge is 0.377 e. The lowest BCUT2D eigenvalue weighted by Gasteiger charge is -2.16. The monoisotopic (exact) mass is 270 g/mol. The maximum absolute atomic E-state index is 11.8. The SMILES string of the molecule is CN(C)CC(=O)N(C)C(=O)/C=C1\OC(C)(C)OC1=O. The molecule has 0 spiro atoms.